The maximum Gasteiger partial charge on any atom is 0.235 e. The first-order valence-electron chi connectivity index (χ1n) is 10.4. The second kappa shape index (κ2) is 9.04. The molecule has 3 aromatic rings. The van der Waals surface area contributed by atoms with Gasteiger partial charge in [-0.1, -0.05) is 55.3 Å². The Bertz CT molecular complexity index is 959. The Labute approximate surface area is 177 Å². The van der Waals surface area contributed by atoms with Gasteiger partial charge in [0.25, 0.3) is 0 Å². The second-order valence-corrected chi connectivity index (χ2v) is 7.77. The quantitative estimate of drug-likeness (QED) is 0.550. The highest BCUT2D eigenvalue weighted by Gasteiger charge is 2.42. The molecule has 1 fully saturated rings. The number of ether oxygens (including phenoxy) is 2. The minimum absolute atomic E-state index is 0.0584. The molecule has 154 valence electrons. The van der Waals surface area contributed by atoms with Gasteiger partial charge in [0.1, 0.15) is 18.1 Å². The number of benzene rings is 3. The van der Waals surface area contributed by atoms with Crippen LogP contribution in [0.4, 0.5) is 5.69 Å². The summed E-state index contributed by atoms with van der Waals surface area (Å²) in [6, 6.07) is 25.5. The van der Waals surface area contributed by atoms with E-state index < -0.39 is 5.41 Å². The Morgan fingerprint density at radius 2 is 1.50 bits per heavy atom. The summed E-state index contributed by atoms with van der Waals surface area (Å²) in [5, 5.41) is 3.13. The molecule has 0 heterocycles. The van der Waals surface area contributed by atoms with Gasteiger partial charge < -0.3 is 14.8 Å². The van der Waals surface area contributed by atoms with Crippen molar-refractivity contribution in [1.82, 2.24) is 0 Å². The van der Waals surface area contributed by atoms with Crippen LogP contribution in [0.2, 0.25) is 0 Å². The molecule has 0 bridgehead atoms. The van der Waals surface area contributed by atoms with E-state index >= 15 is 0 Å². The Morgan fingerprint density at radius 1 is 0.867 bits per heavy atom. The van der Waals surface area contributed by atoms with Crippen molar-refractivity contribution in [3.8, 4) is 11.5 Å². The number of nitrogens with one attached hydrogen (secondary N) is 1. The smallest absolute Gasteiger partial charge is 0.235 e. The monoisotopic (exact) mass is 401 g/mol. The minimum atomic E-state index is -0.477. The van der Waals surface area contributed by atoms with E-state index in [9.17, 15) is 4.79 Å². The maximum atomic E-state index is 13.3. The molecule has 0 aromatic heterocycles. The van der Waals surface area contributed by atoms with Crippen molar-refractivity contribution >= 4 is 11.6 Å². The third kappa shape index (κ3) is 4.33. The van der Waals surface area contributed by atoms with Gasteiger partial charge in [-0.15, -0.1) is 0 Å². The Hall–Kier alpha value is -3.27. The molecular weight excluding hydrogens is 374 g/mol. The molecule has 1 aliphatic carbocycles. The standard InChI is InChI=1S/C26H27NO3/c1-29-23-13-9-21(10-14-23)26(17-5-6-18-26)25(28)27-22-11-15-24(16-12-22)30-19-20-7-3-2-4-8-20/h2-4,7-16H,5-6,17-19H2,1H3,(H,27,28). The summed E-state index contributed by atoms with van der Waals surface area (Å²) in [6.07, 6.45) is 3.85. The summed E-state index contributed by atoms with van der Waals surface area (Å²) < 4.78 is 11.1. The van der Waals surface area contributed by atoms with Crippen LogP contribution in [0.1, 0.15) is 36.8 Å². The van der Waals surface area contributed by atoms with E-state index in [1.54, 1.807) is 7.11 Å². The summed E-state index contributed by atoms with van der Waals surface area (Å²) in [4.78, 5) is 13.3. The number of anilines is 1. The van der Waals surface area contributed by atoms with Gasteiger partial charge in [0, 0.05) is 5.69 Å². The fourth-order valence-electron chi connectivity index (χ4n) is 4.16. The molecule has 1 amide bonds. The Morgan fingerprint density at radius 3 is 2.13 bits per heavy atom. The lowest BCUT2D eigenvalue weighted by Gasteiger charge is -2.28. The fourth-order valence-corrected chi connectivity index (χ4v) is 4.16. The van der Waals surface area contributed by atoms with Gasteiger partial charge in [-0.25, -0.2) is 0 Å². The molecule has 30 heavy (non-hydrogen) atoms. The zero-order valence-corrected chi connectivity index (χ0v) is 17.3. The van der Waals surface area contributed by atoms with Gasteiger partial charge >= 0.3 is 0 Å². The normalized spacial score (nSPS) is 14.8. The van der Waals surface area contributed by atoms with Crippen LogP contribution in [0.5, 0.6) is 11.5 Å². The highest BCUT2D eigenvalue weighted by atomic mass is 16.5. The van der Waals surface area contributed by atoms with Crippen LogP contribution < -0.4 is 14.8 Å². The van der Waals surface area contributed by atoms with Crippen LogP contribution in [-0.2, 0) is 16.8 Å². The molecule has 0 spiro atoms. The van der Waals surface area contributed by atoms with E-state index in [1.807, 2.05) is 78.9 Å². The Balaban J connectivity index is 1.43. The van der Waals surface area contributed by atoms with Crippen LogP contribution in [0.15, 0.2) is 78.9 Å². The van der Waals surface area contributed by atoms with Gasteiger partial charge in [-0.2, -0.15) is 0 Å². The maximum absolute atomic E-state index is 13.3. The number of hydrogen-bond acceptors (Lipinski definition) is 3. The summed E-state index contributed by atoms with van der Waals surface area (Å²) in [6.45, 7) is 0.521. The van der Waals surface area contributed by atoms with Crippen molar-refractivity contribution in [2.75, 3.05) is 12.4 Å². The molecule has 1 N–H and O–H groups in total. The number of carbonyl (C=O) groups excluding carboxylic acids is 1. The largest absolute Gasteiger partial charge is 0.497 e. The van der Waals surface area contributed by atoms with E-state index in [-0.39, 0.29) is 5.91 Å². The van der Waals surface area contributed by atoms with Crippen molar-refractivity contribution in [1.29, 1.82) is 0 Å². The van der Waals surface area contributed by atoms with Crippen LogP contribution in [-0.4, -0.2) is 13.0 Å². The summed E-state index contributed by atoms with van der Waals surface area (Å²) in [7, 11) is 1.65. The van der Waals surface area contributed by atoms with E-state index in [2.05, 4.69) is 5.32 Å². The molecule has 4 heteroatoms. The van der Waals surface area contributed by atoms with Crippen molar-refractivity contribution in [2.24, 2.45) is 0 Å². The van der Waals surface area contributed by atoms with E-state index in [0.717, 1.165) is 54.0 Å². The van der Waals surface area contributed by atoms with Crippen LogP contribution in [0, 0.1) is 0 Å². The van der Waals surface area contributed by atoms with Gasteiger partial charge in [0.2, 0.25) is 5.91 Å². The van der Waals surface area contributed by atoms with Gasteiger partial charge in [0.15, 0.2) is 0 Å². The highest BCUT2D eigenvalue weighted by molar-refractivity contribution is 5.99. The first-order chi connectivity index (χ1) is 14.7. The molecule has 0 saturated heterocycles. The molecule has 1 aliphatic rings. The van der Waals surface area contributed by atoms with Crippen molar-refractivity contribution < 1.29 is 14.3 Å². The summed E-state index contributed by atoms with van der Waals surface area (Å²) in [5.74, 6) is 1.64. The molecule has 4 rings (SSSR count). The van der Waals surface area contributed by atoms with E-state index in [1.165, 1.54) is 0 Å². The lowest BCUT2D eigenvalue weighted by Crippen LogP contribution is -2.37. The molecule has 0 radical (unpaired) electrons. The Kier molecular flexibility index (Phi) is 6.03. The average molecular weight is 402 g/mol. The van der Waals surface area contributed by atoms with Crippen molar-refractivity contribution in [3.63, 3.8) is 0 Å². The first kappa shape index (κ1) is 20.0. The number of amides is 1. The molecule has 0 aliphatic heterocycles. The third-order valence-electron chi connectivity index (χ3n) is 5.89. The summed E-state index contributed by atoms with van der Waals surface area (Å²) >= 11 is 0. The zero-order valence-electron chi connectivity index (χ0n) is 17.3. The number of carbonyl (C=O) groups is 1. The van der Waals surface area contributed by atoms with E-state index in [4.69, 9.17) is 9.47 Å². The molecule has 3 aromatic carbocycles. The lowest BCUT2D eigenvalue weighted by atomic mass is 9.78. The fraction of sp³-hybridized carbons (Fsp3) is 0.269. The topological polar surface area (TPSA) is 47.6 Å². The van der Waals surface area contributed by atoms with Crippen LogP contribution in [0.3, 0.4) is 0 Å². The predicted octanol–water partition coefficient (Wildman–Crippen LogP) is 5.72. The average Bonchev–Trinajstić information content (AvgIpc) is 3.31. The number of methoxy groups -OCH3 is 1. The minimum Gasteiger partial charge on any atom is -0.497 e. The number of hydrogen-bond donors (Lipinski definition) is 1. The summed E-state index contributed by atoms with van der Waals surface area (Å²) in [5.41, 5.74) is 2.49. The van der Waals surface area contributed by atoms with Crippen molar-refractivity contribution in [3.05, 3.63) is 90.0 Å². The SMILES string of the molecule is COc1ccc(C2(C(=O)Nc3ccc(OCc4ccccc4)cc3)CCCC2)cc1. The third-order valence-corrected chi connectivity index (χ3v) is 5.89. The lowest BCUT2D eigenvalue weighted by molar-refractivity contribution is -0.121. The molecule has 0 unspecified atom stereocenters. The molecule has 1 saturated carbocycles. The first-order valence-corrected chi connectivity index (χ1v) is 10.4. The number of rotatable bonds is 7. The molecule has 0 atom stereocenters. The van der Waals surface area contributed by atoms with Crippen LogP contribution >= 0.6 is 0 Å². The zero-order chi connectivity index (χ0) is 20.8. The molecule has 4 nitrogen and oxygen atoms in total. The van der Waals surface area contributed by atoms with Crippen LogP contribution in [0.25, 0.3) is 0 Å². The van der Waals surface area contributed by atoms with E-state index in [0.29, 0.717) is 6.61 Å². The van der Waals surface area contributed by atoms with Gasteiger partial charge in [0.05, 0.1) is 12.5 Å². The molecular formula is C26H27NO3. The van der Waals surface area contributed by atoms with Gasteiger partial charge in [-0.3, -0.25) is 4.79 Å². The van der Waals surface area contributed by atoms with Crippen molar-refractivity contribution in [2.45, 2.75) is 37.7 Å². The predicted molar refractivity (Wildman–Crippen MR) is 119 cm³/mol. The second-order valence-electron chi connectivity index (χ2n) is 7.77. The van der Waals surface area contributed by atoms with Gasteiger partial charge in [-0.05, 0) is 60.4 Å². The highest BCUT2D eigenvalue weighted by Crippen LogP contribution is 2.42.